The molecule has 0 nitrogen and oxygen atoms in total. The summed E-state index contributed by atoms with van der Waals surface area (Å²) >= 11 is 0. The van der Waals surface area contributed by atoms with E-state index in [1.54, 1.807) is 0 Å². The molecule has 0 saturated heterocycles. The van der Waals surface area contributed by atoms with Gasteiger partial charge in [0, 0.05) is 5.92 Å². The largest absolute Gasteiger partial charge is 0.0776 e. The molecule has 1 aliphatic rings. The van der Waals surface area contributed by atoms with Crippen LogP contribution in [0.5, 0.6) is 0 Å². The van der Waals surface area contributed by atoms with Gasteiger partial charge in [0.1, 0.15) is 0 Å². The summed E-state index contributed by atoms with van der Waals surface area (Å²) in [7, 11) is 0. The molecular weight excluding hydrogens is 312 g/mol. The topological polar surface area (TPSA) is 0 Å². The van der Waals surface area contributed by atoms with E-state index in [1.165, 1.54) is 39.8 Å². The Morgan fingerprint density at radius 2 is 0.923 bits per heavy atom. The summed E-state index contributed by atoms with van der Waals surface area (Å²) < 4.78 is 0. The zero-order chi connectivity index (χ0) is 20.0. The number of aryl methyl sites for hydroxylation is 2. The normalized spacial score (nSPS) is 9.81. The Morgan fingerprint density at radius 3 is 1.19 bits per heavy atom. The average Bonchev–Trinajstić information content (AvgIpc) is 2.99. The second-order valence-corrected chi connectivity index (χ2v) is 5.14. The fraction of sp³-hybridized carbons (Fsp3) is 0.538. The lowest BCUT2D eigenvalue weighted by molar-refractivity contribution is 0.795. The number of benzene rings is 2. The van der Waals surface area contributed by atoms with Crippen LogP contribution in [0.4, 0.5) is 0 Å². The summed E-state index contributed by atoms with van der Waals surface area (Å²) in [6, 6.07) is 13.7. The fourth-order valence-electron chi connectivity index (χ4n) is 3.04. The van der Waals surface area contributed by atoms with E-state index in [0.29, 0.717) is 5.92 Å². The lowest BCUT2D eigenvalue weighted by atomic mass is 9.93. The number of rotatable bonds is 1. The monoisotopic (exact) mass is 358 g/mol. The molecule has 26 heavy (non-hydrogen) atoms. The van der Waals surface area contributed by atoms with Gasteiger partial charge in [-0.25, -0.2) is 0 Å². The summed E-state index contributed by atoms with van der Waals surface area (Å²) in [5, 5.41) is 0. The Morgan fingerprint density at radius 1 is 0.615 bits per heavy atom. The van der Waals surface area contributed by atoms with Crippen molar-refractivity contribution in [3.63, 3.8) is 0 Å². The van der Waals surface area contributed by atoms with E-state index in [0.717, 1.165) is 0 Å². The highest BCUT2D eigenvalue weighted by atomic mass is 14.3. The first kappa shape index (κ1) is 29.2. The molecule has 0 aromatic heterocycles. The van der Waals surface area contributed by atoms with Crippen LogP contribution in [0, 0.1) is 13.8 Å². The third-order valence-electron chi connectivity index (χ3n) is 3.86. The molecule has 0 heteroatoms. The Hall–Kier alpha value is -1.56. The first-order chi connectivity index (χ1) is 12.2. The zero-order valence-electron chi connectivity index (χ0n) is 18.7. The molecule has 2 aromatic rings. The molecule has 0 fully saturated rings. The summed E-state index contributed by atoms with van der Waals surface area (Å²) in [6.45, 7) is 22.6. The van der Waals surface area contributed by atoms with E-state index in [9.17, 15) is 0 Å². The van der Waals surface area contributed by atoms with Crippen molar-refractivity contribution >= 4 is 0 Å². The van der Waals surface area contributed by atoms with Gasteiger partial charge in [0.05, 0.1) is 0 Å². The van der Waals surface area contributed by atoms with Crippen molar-refractivity contribution < 1.29 is 0 Å². The molecule has 3 rings (SSSR count). The van der Waals surface area contributed by atoms with Gasteiger partial charge in [-0.3, -0.25) is 0 Å². The maximum atomic E-state index is 2.36. The van der Waals surface area contributed by atoms with Crippen LogP contribution in [-0.4, -0.2) is 0 Å². The van der Waals surface area contributed by atoms with Gasteiger partial charge in [-0.1, -0.05) is 117 Å². The van der Waals surface area contributed by atoms with Gasteiger partial charge in [0.2, 0.25) is 0 Å². The van der Waals surface area contributed by atoms with Gasteiger partial charge in [-0.05, 0) is 42.5 Å². The van der Waals surface area contributed by atoms with E-state index in [2.05, 4.69) is 57.2 Å². The van der Waals surface area contributed by atoms with Crippen molar-refractivity contribution in [2.45, 2.75) is 95.9 Å². The summed E-state index contributed by atoms with van der Waals surface area (Å²) in [6.07, 6.45) is 1.19. The Labute approximate surface area is 166 Å². The van der Waals surface area contributed by atoms with E-state index >= 15 is 0 Å². The van der Waals surface area contributed by atoms with E-state index in [4.69, 9.17) is 0 Å². The molecule has 0 radical (unpaired) electrons. The van der Waals surface area contributed by atoms with Crippen LogP contribution in [0.1, 0.15) is 104 Å². The van der Waals surface area contributed by atoms with Crippen LogP contribution in [0.3, 0.4) is 0 Å². The molecule has 0 bridgehead atoms. The molecule has 0 spiro atoms. The highest BCUT2D eigenvalue weighted by Crippen LogP contribution is 2.46. The van der Waals surface area contributed by atoms with Crippen molar-refractivity contribution in [3.8, 4) is 11.1 Å². The fourth-order valence-corrected chi connectivity index (χ4v) is 3.04. The van der Waals surface area contributed by atoms with Gasteiger partial charge in [-0.2, -0.15) is 0 Å². The first-order valence-electron chi connectivity index (χ1n) is 10.4. The van der Waals surface area contributed by atoms with Gasteiger partial charge in [0.25, 0.3) is 0 Å². The molecule has 1 aliphatic carbocycles. The molecule has 150 valence electrons. The third-order valence-corrected chi connectivity index (χ3v) is 3.86. The van der Waals surface area contributed by atoms with Crippen LogP contribution in [-0.2, 0) is 0 Å². The Kier molecular flexibility index (Phi) is 19.0. The van der Waals surface area contributed by atoms with Gasteiger partial charge >= 0.3 is 0 Å². The summed E-state index contributed by atoms with van der Waals surface area (Å²) in [4.78, 5) is 0. The van der Waals surface area contributed by atoms with Crippen molar-refractivity contribution in [2.24, 2.45) is 0 Å². The Bertz CT molecular complexity index is 527. The zero-order valence-corrected chi connectivity index (χ0v) is 18.7. The summed E-state index contributed by atoms with van der Waals surface area (Å²) in [5.41, 5.74) is 8.66. The number of hydrogen-bond donors (Lipinski definition) is 0. The molecule has 0 saturated carbocycles. The van der Waals surface area contributed by atoms with Crippen LogP contribution in [0.25, 0.3) is 11.1 Å². The van der Waals surface area contributed by atoms with E-state index in [1.807, 2.05) is 55.4 Å². The van der Waals surface area contributed by atoms with E-state index in [-0.39, 0.29) is 7.43 Å². The van der Waals surface area contributed by atoms with Crippen LogP contribution in [0.2, 0.25) is 0 Å². The maximum Gasteiger partial charge on any atom is 0.00992 e. The molecule has 0 N–H and O–H groups in total. The molecule has 2 aromatic carbocycles. The second kappa shape index (κ2) is 16.9. The minimum absolute atomic E-state index is 0. The first-order valence-corrected chi connectivity index (χ1v) is 10.4. The molecule has 0 amide bonds. The van der Waals surface area contributed by atoms with Crippen molar-refractivity contribution in [2.75, 3.05) is 0 Å². The van der Waals surface area contributed by atoms with Crippen LogP contribution >= 0.6 is 0 Å². The standard InChI is InChI=1S/C17H18.4C2H6.CH4/c1-4-13-16-9-11(2)5-7-14(16)15-8-6-12(3)10-17(13)15;4*1-2;/h5-10,13H,4H2,1-3H3;4*1-2H3;1H4. The minimum atomic E-state index is 0. The molecule has 0 aliphatic heterocycles. The molecular formula is C26H46. The highest BCUT2D eigenvalue weighted by Gasteiger charge is 2.27. The van der Waals surface area contributed by atoms with Crippen molar-refractivity contribution in [1.29, 1.82) is 0 Å². The summed E-state index contributed by atoms with van der Waals surface area (Å²) in [5.74, 6) is 0.597. The van der Waals surface area contributed by atoms with Crippen LogP contribution < -0.4 is 0 Å². The van der Waals surface area contributed by atoms with E-state index < -0.39 is 0 Å². The third kappa shape index (κ3) is 6.98. The molecule has 0 atom stereocenters. The smallest absolute Gasteiger partial charge is 0.00992 e. The molecule has 0 heterocycles. The number of hydrogen-bond acceptors (Lipinski definition) is 0. The second-order valence-electron chi connectivity index (χ2n) is 5.14. The van der Waals surface area contributed by atoms with Gasteiger partial charge < -0.3 is 0 Å². The van der Waals surface area contributed by atoms with Gasteiger partial charge in [0.15, 0.2) is 0 Å². The molecule has 0 unspecified atom stereocenters. The van der Waals surface area contributed by atoms with Crippen LogP contribution in [0.15, 0.2) is 36.4 Å². The predicted octanol–water partition coefficient (Wildman–Crippen LogP) is 9.57. The predicted molar refractivity (Wildman–Crippen MR) is 126 cm³/mol. The Balaban J connectivity index is -0.000000524. The van der Waals surface area contributed by atoms with Crippen molar-refractivity contribution in [1.82, 2.24) is 0 Å². The van der Waals surface area contributed by atoms with Gasteiger partial charge in [-0.15, -0.1) is 0 Å². The lowest BCUT2D eigenvalue weighted by Crippen LogP contribution is -1.94. The van der Waals surface area contributed by atoms with Crippen molar-refractivity contribution in [3.05, 3.63) is 58.7 Å². The quantitative estimate of drug-likeness (QED) is 0.476. The highest BCUT2D eigenvalue weighted by molar-refractivity contribution is 5.79. The average molecular weight is 359 g/mol. The minimum Gasteiger partial charge on any atom is -0.0776 e. The number of fused-ring (bicyclic) bond motifs is 3. The maximum absolute atomic E-state index is 2.36. The SMILES string of the molecule is C.CC.CC.CC.CC.CCC1c2cc(C)ccc2-c2ccc(C)cc21. The lowest BCUT2D eigenvalue weighted by Gasteiger charge is -2.11.